The van der Waals surface area contributed by atoms with Gasteiger partial charge in [-0.1, -0.05) is 65.1 Å². The van der Waals surface area contributed by atoms with Gasteiger partial charge in [0.25, 0.3) is 11.5 Å². The first-order valence-electron chi connectivity index (χ1n) is 13.1. The van der Waals surface area contributed by atoms with Crippen LogP contribution in [-0.2, 0) is 4.74 Å². The fourth-order valence-electron chi connectivity index (χ4n) is 4.56. The summed E-state index contributed by atoms with van der Waals surface area (Å²) in [5, 5.41) is 15.2. The van der Waals surface area contributed by atoms with Gasteiger partial charge in [-0.15, -0.1) is 10.2 Å². The van der Waals surface area contributed by atoms with Crippen LogP contribution in [0.5, 0.6) is 0 Å². The quantitative estimate of drug-likeness (QED) is 0.167. The van der Waals surface area contributed by atoms with Crippen molar-refractivity contribution in [2.75, 3.05) is 11.9 Å². The average Bonchev–Trinajstić information content (AvgIpc) is 3.58. The summed E-state index contributed by atoms with van der Waals surface area (Å²) >= 11 is 18.7. The number of hydrogen-bond donors (Lipinski definition) is 3. The number of esters is 1. The summed E-state index contributed by atoms with van der Waals surface area (Å²) in [6.07, 6.45) is 0. The Morgan fingerprint density at radius 2 is 1.68 bits per heavy atom. The van der Waals surface area contributed by atoms with Gasteiger partial charge in [0.05, 0.1) is 28.6 Å². The van der Waals surface area contributed by atoms with E-state index in [-0.39, 0.29) is 40.5 Å². The van der Waals surface area contributed by atoms with E-state index in [2.05, 4.69) is 25.6 Å². The molecule has 3 aromatic carbocycles. The van der Waals surface area contributed by atoms with E-state index in [0.29, 0.717) is 38.0 Å². The van der Waals surface area contributed by atoms with Crippen molar-refractivity contribution in [2.45, 2.75) is 6.92 Å². The molecule has 0 spiro atoms. The third-order valence-corrected chi connectivity index (χ3v) is 7.38. The van der Waals surface area contributed by atoms with Crippen LogP contribution in [0.25, 0.3) is 39.9 Å². The molecule has 0 bridgehead atoms. The number of ether oxygens (including phenoxy) is 1. The summed E-state index contributed by atoms with van der Waals surface area (Å²) in [6, 6.07) is 20.1. The number of nitrogens with zero attached hydrogens (tertiary/aromatic N) is 4. The van der Waals surface area contributed by atoms with E-state index in [1.807, 2.05) is 0 Å². The average molecular weight is 649 g/mol. The minimum atomic E-state index is -0.855. The third-order valence-electron chi connectivity index (χ3n) is 6.58. The molecule has 3 N–H and O–H groups in total. The molecule has 2 aliphatic rings. The fraction of sp³-hybridized carbons (Fsp3) is 0.0667. The molecular weight excluding hydrogens is 629 g/mol. The molecule has 6 rings (SSSR count). The van der Waals surface area contributed by atoms with Crippen LogP contribution in [0.3, 0.4) is 0 Å². The number of aromatic nitrogens is 6. The molecule has 0 unspecified atom stereocenters. The second-order valence-electron chi connectivity index (χ2n) is 9.36. The van der Waals surface area contributed by atoms with E-state index < -0.39 is 17.4 Å². The Hall–Kier alpha value is -4.97. The summed E-state index contributed by atoms with van der Waals surface area (Å²) in [5.41, 5.74) is 1.11. The Kier molecular flexibility index (Phi) is 7.92. The number of carbonyl (C=O) groups is 2. The Balaban J connectivity index is 1.55. The number of hydrogen-bond acceptors (Lipinski definition) is 7. The highest BCUT2D eigenvalue weighted by atomic mass is 35.5. The normalized spacial score (nSPS) is 11.1. The molecule has 0 fully saturated rings. The molecule has 0 aliphatic carbocycles. The molecule has 2 aliphatic heterocycles. The second kappa shape index (κ2) is 12.0. The fourth-order valence-corrected chi connectivity index (χ4v) is 5.19. The first kappa shape index (κ1) is 29.1. The molecule has 11 nitrogen and oxygen atoms in total. The molecule has 0 saturated heterocycles. The van der Waals surface area contributed by atoms with Crippen LogP contribution in [-0.4, -0.2) is 48.4 Å². The number of amides is 1. The van der Waals surface area contributed by atoms with Crippen LogP contribution in [0, 0.1) is 0 Å². The number of benzene rings is 3. The van der Waals surface area contributed by atoms with E-state index in [9.17, 15) is 14.4 Å². The number of anilines is 1. The van der Waals surface area contributed by atoms with Crippen molar-refractivity contribution >= 4 is 52.5 Å². The van der Waals surface area contributed by atoms with E-state index in [1.54, 1.807) is 73.7 Å². The highest BCUT2D eigenvalue weighted by Crippen LogP contribution is 2.37. The standard InChI is InChI=1S/C30H20Cl3N7O4/c1-2-44-29(43)22-24(19-13-12-18(32)14-20(19)33)39-40(28(22)42)30-34-23(15-8-10-17(31)11-9-15)21-25(37-38-26(21)36-30)35-27(41)16-6-4-3-5-7-16/h3-14,39H,2H2,1H3,(H2,34,35,36,37,38,41). The van der Waals surface area contributed by atoms with E-state index >= 15 is 0 Å². The van der Waals surface area contributed by atoms with Crippen molar-refractivity contribution < 1.29 is 14.3 Å². The molecule has 1 aromatic heterocycles. The lowest BCUT2D eigenvalue weighted by molar-refractivity contribution is 0.0525. The molecule has 0 radical (unpaired) electrons. The number of aromatic amines is 2. The van der Waals surface area contributed by atoms with E-state index in [0.717, 1.165) is 4.68 Å². The second-order valence-corrected chi connectivity index (χ2v) is 10.6. The predicted molar refractivity (Wildman–Crippen MR) is 167 cm³/mol. The zero-order valence-electron chi connectivity index (χ0n) is 22.7. The Morgan fingerprint density at radius 3 is 2.39 bits per heavy atom. The minimum Gasteiger partial charge on any atom is -0.462 e. The number of H-pyrrole nitrogens is 2. The number of carbonyl (C=O) groups excluding carboxylic acids is 2. The molecular formula is C30H20Cl3N7O4. The molecule has 0 saturated carbocycles. The lowest BCUT2D eigenvalue weighted by Gasteiger charge is -2.12. The zero-order valence-corrected chi connectivity index (χ0v) is 25.0. The van der Waals surface area contributed by atoms with Crippen LogP contribution in [0.4, 0.5) is 5.82 Å². The first-order valence-corrected chi connectivity index (χ1v) is 14.2. The third kappa shape index (κ3) is 5.44. The van der Waals surface area contributed by atoms with Crippen molar-refractivity contribution in [3.05, 3.63) is 109 Å². The number of halogens is 3. The minimum absolute atomic E-state index is 0.0322. The zero-order chi connectivity index (χ0) is 31.0. The lowest BCUT2D eigenvalue weighted by Crippen LogP contribution is -2.23. The van der Waals surface area contributed by atoms with Crippen LogP contribution < -0.4 is 10.9 Å². The van der Waals surface area contributed by atoms with Crippen molar-refractivity contribution in [1.82, 2.24) is 29.9 Å². The maximum atomic E-state index is 13.8. The van der Waals surface area contributed by atoms with Crippen molar-refractivity contribution in [1.29, 1.82) is 0 Å². The molecule has 44 heavy (non-hydrogen) atoms. The summed E-state index contributed by atoms with van der Waals surface area (Å²) < 4.78 is 6.23. The van der Waals surface area contributed by atoms with E-state index in [1.165, 1.54) is 6.07 Å². The van der Waals surface area contributed by atoms with Gasteiger partial charge < -0.3 is 15.0 Å². The van der Waals surface area contributed by atoms with Crippen LogP contribution in [0.1, 0.15) is 27.6 Å². The smallest absolute Gasteiger partial charge is 0.346 e. The van der Waals surface area contributed by atoms with Gasteiger partial charge in [0, 0.05) is 26.7 Å². The maximum absolute atomic E-state index is 13.8. The van der Waals surface area contributed by atoms with Gasteiger partial charge in [-0.2, -0.15) is 4.68 Å². The Bertz CT molecular complexity index is 2050. The number of nitrogens with one attached hydrogen (secondary N) is 3. The first-order chi connectivity index (χ1) is 21.2. The van der Waals surface area contributed by atoms with Crippen LogP contribution in [0.2, 0.25) is 15.1 Å². The highest BCUT2D eigenvalue weighted by molar-refractivity contribution is 6.36. The largest absolute Gasteiger partial charge is 0.462 e. The maximum Gasteiger partial charge on any atom is 0.346 e. The summed E-state index contributed by atoms with van der Waals surface area (Å²) in [4.78, 5) is 47.5. The lowest BCUT2D eigenvalue weighted by atomic mass is 10.1. The van der Waals surface area contributed by atoms with Crippen LogP contribution in [0.15, 0.2) is 77.6 Å². The van der Waals surface area contributed by atoms with Gasteiger partial charge in [0.1, 0.15) is 0 Å². The molecule has 4 aromatic rings. The summed E-state index contributed by atoms with van der Waals surface area (Å²) in [5.74, 6) is -0.938. The van der Waals surface area contributed by atoms with Gasteiger partial charge in [-0.25, -0.2) is 9.78 Å². The van der Waals surface area contributed by atoms with Crippen molar-refractivity contribution in [3.8, 4) is 39.9 Å². The summed E-state index contributed by atoms with van der Waals surface area (Å²) in [6.45, 7) is 1.66. The van der Waals surface area contributed by atoms with Gasteiger partial charge in [0.15, 0.2) is 17.2 Å². The van der Waals surface area contributed by atoms with Gasteiger partial charge in [-0.05, 0) is 49.4 Å². The summed E-state index contributed by atoms with van der Waals surface area (Å²) in [7, 11) is 0. The molecule has 220 valence electrons. The SMILES string of the molecule is CCOC(=O)c1c(-c2ccc(Cl)cc2Cl)[nH]n(-c2nc(-c3ccc(Cl)cc3)c3c(NC(=O)c4ccccc4)nnc-3[nH]2)c1=O. The molecule has 14 heteroatoms. The van der Waals surface area contributed by atoms with Gasteiger partial charge in [0.2, 0.25) is 5.95 Å². The van der Waals surface area contributed by atoms with Crippen molar-refractivity contribution in [3.63, 3.8) is 0 Å². The molecule has 3 heterocycles. The number of rotatable bonds is 7. The Labute approximate surface area is 264 Å². The van der Waals surface area contributed by atoms with E-state index in [4.69, 9.17) is 44.5 Å². The highest BCUT2D eigenvalue weighted by Gasteiger charge is 2.29. The Morgan fingerprint density at radius 1 is 0.955 bits per heavy atom. The molecule has 0 atom stereocenters. The van der Waals surface area contributed by atoms with Crippen LogP contribution >= 0.6 is 34.8 Å². The van der Waals surface area contributed by atoms with Gasteiger partial charge in [-0.3, -0.25) is 14.7 Å². The monoisotopic (exact) mass is 647 g/mol. The predicted octanol–water partition coefficient (Wildman–Crippen LogP) is 6.51. The number of fused-ring (bicyclic) bond motifs is 1. The van der Waals surface area contributed by atoms with Crippen molar-refractivity contribution in [2.24, 2.45) is 0 Å². The molecule has 1 amide bonds. The topological polar surface area (TPSA) is 148 Å². The van der Waals surface area contributed by atoms with Gasteiger partial charge >= 0.3 is 5.97 Å².